The molecule has 3 aliphatic heterocycles. The molecule has 0 saturated carbocycles. The first-order valence-corrected chi connectivity index (χ1v) is 22.1. The van der Waals surface area contributed by atoms with E-state index < -0.39 is 141 Å². The van der Waals surface area contributed by atoms with Gasteiger partial charge in [0, 0.05) is 43.9 Å². The predicted octanol–water partition coefficient (Wildman–Crippen LogP) is 1.77. The molecule has 18 atom stereocenters. The topological polar surface area (TPSA) is 294 Å². The highest BCUT2D eigenvalue weighted by molar-refractivity contribution is 5.71. The largest absolute Gasteiger partial charge is 0.481 e. The van der Waals surface area contributed by atoms with Gasteiger partial charge in [0.05, 0.1) is 73.6 Å². The molecule has 2 saturated heterocycles. The molecular formula is C47H72O17. The SMILES string of the molecule is CC1OC(O[C@H]2/C=C/C=C/C=C/C=C/C=C/C=C/C=C/[C@H](C)[C@@H](O)[C@@H](C)[C@H](C)OC(=O)C[C@H](O)C[C@H](O)CC[C@@H](O)[C@H](O)C[C@H](O)C[C@]3(O)C[C@H](O)C(C(=O)O)[C@H](C2)O3)C(O)CC1O. The smallest absolute Gasteiger partial charge is 0.311 e. The Morgan fingerprint density at radius 1 is 0.625 bits per heavy atom. The molecular weight excluding hydrogens is 837 g/mol. The average molecular weight is 909 g/mol. The third kappa shape index (κ3) is 18.8. The number of cyclic esters (lactones) is 1. The number of ether oxygens (including phenoxy) is 4. The molecule has 0 spiro atoms. The number of rotatable bonds is 3. The second-order valence-corrected chi connectivity index (χ2v) is 17.4. The number of aliphatic carboxylic acids is 1. The fourth-order valence-corrected chi connectivity index (χ4v) is 7.85. The molecule has 2 bridgehead atoms. The van der Waals surface area contributed by atoms with Crippen molar-refractivity contribution >= 4 is 11.9 Å². The van der Waals surface area contributed by atoms with Crippen molar-refractivity contribution in [3.05, 3.63) is 85.1 Å². The van der Waals surface area contributed by atoms with E-state index in [1.165, 1.54) is 0 Å². The van der Waals surface area contributed by atoms with E-state index in [0.29, 0.717) is 0 Å². The highest BCUT2D eigenvalue weighted by Crippen LogP contribution is 2.38. The molecule has 5 unspecified atom stereocenters. The summed E-state index contributed by atoms with van der Waals surface area (Å²) in [5, 5.41) is 118. The van der Waals surface area contributed by atoms with Gasteiger partial charge in [-0.1, -0.05) is 98.9 Å². The van der Waals surface area contributed by atoms with Crippen LogP contribution in [0.1, 0.15) is 85.5 Å². The summed E-state index contributed by atoms with van der Waals surface area (Å²) in [5.74, 6) is -6.74. The molecule has 0 amide bonds. The Hall–Kier alpha value is -3.40. The predicted molar refractivity (Wildman–Crippen MR) is 234 cm³/mol. The van der Waals surface area contributed by atoms with Crippen LogP contribution in [0, 0.1) is 17.8 Å². The lowest BCUT2D eigenvalue weighted by Gasteiger charge is -2.45. The van der Waals surface area contributed by atoms with Gasteiger partial charge in [0.2, 0.25) is 0 Å². The number of fused-ring (bicyclic) bond motifs is 2. The summed E-state index contributed by atoms with van der Waals surface area (Å²) >= 11 is 0. The third-order valence-corrected chi connectivity index (χ3v) is 11.8. The first-order valence-electron chi connectivity index (χ1n) is 22.1. The molecule has 362 valence electrons. The van der Waals surface area contributed by atoms with Crippen molar-refractivity contribution in [1.29, 1.82) is 0 Å². The highest BCUT2D eigenvalue weighted by atomic mass is 16.7. The van der Waals surface area contributed by atoms with E-state index in [9.17, 15) is 65.8 Å². The molecule has 0 radical (unpaired) electrons. The maximum Gasteiger partial charge on any atom is 0.311 e. The van der Waals surface area contributed by atoms with Crippen molar-refractivity contribution in [1.82, 2.24) is 0 Å². The van der Waals surface area contributed by atoms with Gasteiger partial charge in [-0.25, -0.2) is 0 Å². The molecule has 3 rings (SSSR count). The first kappa shape index (κ1) is 54.9. The fourth-order valence-electron chi connectivity index (χ4n) is 7.85. The molecule has 0 aliphatic carbocycles. The average Bonchev–Trinajstić information content (AvgIpc) is 3.19. The number of carboxylic acid groups (broad SMARTS) is 1. The van der Waals surface area contributed by atoms with Gasteiger partial charge in [-0.3, -0.25) is 9.59 Å². The van der Waals surface area contributed by atoms with Crippen LogP contribution < -0.4 is 0 Å². The van der Waals surface area contributed by atoms with Crippen molar-refractivity contribution in [2.45, 2.75) is 177 Å². The number of aliphatic hydroxyl groups is 10. The maximum absolute atomic E-state index is 12.6. The number of carbonyl (C=O) groups is 2. The van der Waals surface area contributed by atoms with E-state index in [0.717, 1.165) is 0 Å². The Labute approximate surface area is 375 Å². The highest BCUT2D eigenvalue weighted by Gasteiger charge is 2.50. The second kappa shape index (κ2) is 27.3. The Morgan fingerprint density at radius 2 is 1.20 bits per heavy atom. The third-order valence-electron chi connectivity index (χ3n) is 11.8. The van der Waals surface area contributed by atoms with Crippen LogP contribution >= 0.6 is 0 Å². The summed E-state index contributed by atoms with van der Waals surface area (Å²) in [6.45, 7) is 6.82. The molecule has 17 heteroatoms. The summed E-state index contributed by atoms with van der Waals surface area (Å²) in [5.41, 5.74) is 0. The molecule has 3 aliphatic rings. The minimum Gasteiger partial charge on any atom is -0.481 e. The molecule has 64 heavy (non-hydrogen) atoms. The van der Waals surface area contributed by atoms with Gasteiger partial charge in [0.25, 0.3) is 0 Å². The zero-order valence-electron chi connectivity index (χ0n) is 37.1. The number of aliphatic hydroxyl groups excluding tert-OH is 9. The molecule has 0 aromatic rings. The maximum atomic E-state index is 12.6. The van der Waals surface area contributed by atoms with Crippen LogP contribution in [0.5, 0.6) is 0 Å². The molecule has 11 N–H and O–H groups in total. The van der Waals surface area contributed by atoms with Crippen LogP contribution in [0.25, 0.3) is 0 Å². The van der Waals surface area contributed by atoms with Gasteiger partial charge in [0.1, 0.15) is 18.1 Å². The van der Waals surface area contributed by atoms with Gasteiger partial charge in [-0.05, 0) is 33.1 Å². The summed E-state index contributed by atoms with van der Waals surface area (Å²) in [4.78, 5) is 25.0. The summed E-state index contributed by atoms with van der Waals surface area (Å²) in [6.07, 6.45) is 4.72. The van der Waals surface area contributed by atoms with Gasteiger partial charge in [-0.15, -0.1) is 0 Å². The van der Waals surface area contributed by atoms with Gasteiger partial charge in [-0.2, -0.15) is 0 Å². The standard InChI is InChI=1S/C47H72O17/c1-28-17-15-13-11-9-7-5-6-8-10-12-14-16-18-35(63-46-39(54)25-37(52)31(4)62-46)24-41-43(45(58)59)40(55)27-47(60,64-41)26-34(50)22-38(53)36(51)20-19-32(48)21-33(49)23-42(56)61-30(3)29(2)44(28)57/h5-18,28-41,43-44,46,48-55,57,60H,19-27H2,1-4H3,(H,58,59)/b6-5+,9-7+,10-8+,13-11+,14-12+,17-15+,18-16+/t28-,29-,30-,31?,32+,33+,34-,35-,36+,37?,38+,39?,40-,41-,43?,44+,46?,47+/m0/s1. The quantitative estimate of drug-likeness (QED) is 0.180. The van der Waals surface area contributed by atoms with E-state index in [2.05, 4.69) is 0 Å². The lowest BCUT2D eigenvalue weighted by Crippen LogP contribution is -2.56. The van der Waals surface area contributed by atoms with Crippen LogP contribution in [-0.4, -0.2) is 160 Å². The van der Waals surface area contributed by atoms with Crippen LogP contribution in [-0.2, 0) is 28.5 Å². The van der Waals surface area contributed by atoms with Crippen molar-refractivity contribution in [2.24, 2.45) is 17.8 Å². The summed E-state index contributed by atoms with van der Waals surface area (Å²) in [7, 11) is 0. The first-order chi connectivity index (χ1) is 30.2. The van der Waals surface area contributed by atoms with Crippen LogP contribution in [0.4, 0.5) is 0 Å². The number of esters is 1. The number of carboxylic acids is 1. The summed E-state index contributed by atoms with van der Waals surface area (Å²) < 4.78 is 23.2. The summed E-state index contributed by atoms with van der Waals surface area (Å²) in [6, 6.07) is 0. The van der Waals surface area contributed by atoms with E-state index in [-0.39, 0.29) is 38.0 Å². The minimum atomic E-state index is -2.30. The molecule has 3 heterocycles. The van der Waals surface area contributed by atoms with E-state index >= 15 is 0 Å². The minimum absolute atomic E-state index is 0.0532. The molecule has 0 aromatic heterocycles. The van der Waals surface area contributed by atoms with Gasteiger partial charge < -0.3 is 75.1 Å². The van der Waals surface area contributed by atoms with Gasteiger partial charge >= 0.3 is 11.9 Å². The fraction of sp³-hybridized carbons (Fsp3) is 0.660. The van der Waals surface area contributed by atoms with Crippen molar-refractivity contribution in [2.75, 3.05) is 0 Å². The molecule has 2 fully saturated rings. The lowest BCUT2D eigenvalue weighted by atomic mass is 9.82. The van der Waals surface area contributed by atoms with Crippen LogP contribution in [0.3, 0.4) is 0 Å². The van der Waals surface area contributed by atoms with Crippen LogP contribution in [0.15, 0.2) is 85.1 Å². The monoisotopic (exact) mass is 908 g/mol. The number of hydrogen-bond donors (Lipinski definition) is 11. The number of hydrogen-bond acceptors (Lipinski definition) is 16. The van der Waals surface area contributed by atoms with Crippen molar-refractivity contribution in [3.8, 4) is 0 Å². The number of carbonyl (C=O) groups excluding carboxylic acids is 1. The van der Waals surface area contributed by atoms with Gasteiger partial charge in [0.15, 0.2) is 12.1 Å². The Balaban J connectivity index is 1.84. The second-order valence-electron chi connectivity index (χ2n) is 17.4. The normalized spacial score (nSPS) is 44.8. The van der Waals surface area contributed by atoms with Crippen molar-refractivity contribution in [3.63, 3.8) is 0 Å². The Morgan fingerprint density at radius 3 is 1.80 bits per heavy atom. The lowest BCUT2D eigenvalue weighted by molar-refractivity contribution is -0.307. The van der Waals surface area contributed by atoms with Crippen LogP contribution in [0.2, 0.25) is 0 Å². The zero-order chi connectivity index (χ0) is 47.6. The van der Waals surface area contributed by atoms with Crippen molar-refractivity contribution < 1.29 is 84.7 Å². The number of allylic oxidation sites excluding steroid dienone is 12. The van der Waals surface area contributed by atoms with E-state index in [1.807, 2.05) is 37.3 Å². The van der Waals surface area contributed by atoms with E-state index in [4.69, 9.17) is 18.9 Å². The molecule has 0 aromatic carbocycles. The Kier molecular flexibility index (Phi) is 23.4. The zero-order valence-corrected chi connectivity index (χ0v) is 37.1. The van der Waals surface area contributed by atoms with E-state index in [1.54, 1.807) is 75.5 Å². The molecule has 17 nitrogen and oxygen atoms in total. The Bertz CT molecular complexity index is 1630.